The maximum Gasteiger partial charge on any atom is 0.326 e. The first-order valence-electron chi connectivity index (χ1n) is 7.40. The number of likely N-dealkylation sites (N-methyl/N-ethyl adjacent to an activating group) is 1. The molecule has 1 N–H and O–H groups in total. The standard InChI is InChI=1S/C15H26BrN3O2/c1-7-17-15(6,14(20)21-8-2)9-10(3)19-12(5)13(16)11(4)18-19/h10,17H,7-9H2,1-6H3. The highest BCUT2D eigenvalue weighted by atomic mass is 79.9. The Balaban J connectivity index is 2.97. The van der Waals surface area contributed by atoms with Crippen LogP contribution in [0, 0.1) is 13.8 Å². The third-order valence-electron chi connectivity index (χ3n) is 3.65. The molecule has 0 spiro atoms. The zero-order chi connectivity index (χ0) is 16.2. The Kier molecular flexibility index (Phi) is 6.41. The fourth-order valence-corrected chi connectivity index (χ4v) is 2.92. The van der Waals surface area contributed by atoms with Crippen LogP contribution in [0.25, 0.3) is 0 Å². The normalized spacial score (nSPS) is 15.6. The highest BCUT2D eigenvalue weighted by molar-refractivity contribution is 9.10. The van der Waals surface area contributed by atoms with E-state index in [0.717, 1.165) is 15.9 Å². The van der Waals surface area contributed by atoms with Crippen LogP contribution in [0.5, 0.6) is 0 Å². The van der Waals surface area contributed by atoms with Gasteiger partial charge in [-0.25, -0.2) is 0 Å². The van der Waals surface area contributed by atoms with Crippen molar-refractivity contribution in [2.75, 3.05) is 13.2 Å². The Labute approximate surface area is 135 Å². The number of aromatic nitrogens is 2. The van der Waals surface area contributed by atoms with E-state index in [0.29, 0.717) is 19.6 Å². The summed E-state index contributed by atoms with van der Waals surface area (Å²) in [4.78, 5) is 12.3. The second kappa shape index (κ2) is 7.40. The fourth-order valence-electron chi connectivity index (χ4n) is 2.66. The Bertz CT molecular complexity index is 501. The summed E-state index contributed by atoms with van der Waals surface area (Å²) in [5, 5.41) is 7.81. The summed E-state index contributed by atoms with van der Waals surface area (Å²) in [6, 6.07) is 0.0865. The van der Waals surface area contributed by atoms with Gasteiger partial charge in [0.2, 0.25) is 0 Å². The van der Waals surface area contributed by atoms with Crippen LogP contribution in [0.1, 0.15) is 51.5 Å². The van der Waals surface area contributed by atoms with Crippen molar-refractivity contribution in [3.05, 3.63) is 15.9 Å². The Morgan fingerprint density at radius 2 is 2.10 bits per heavy atom. The number of nitrogens with one attached hydrogen (secondary N) is 1. The summed E-state index contributed by atoms with van der Waals surface area (Å²) in [6.45, 7) is 12.9. The Hall–Kier alpha value is -0.880. The number of nitrogens with zero attached hydrogens (tertiary/aromatic N) is 2. The van der Waals surface area contributed by atoms with Crippen LogP contribution in [0.15, 0.2) is 4.47 Å². The van der Waals surface area contributed by atoms with Gasteiger partial charge in [0.15, 0.2) is 0 Å². The van der Waals surface area contributed by atoms with Gasteiger partial charge in [0, 0.05) is 0 Å². The number of hydrogen-bond donors (Lipinski definition) is 1. The van der Waals surface area contributed by atoms with E-state index in [9.17, 15) is 4.79 Å². The summed E-state index contributed by atoms with van der Waals surface area (Å²) in [5.41, 5.74) is 1.33. The molecule has 1 aromatic rings. The topological polar surface area (TPSA) is 56.2 Å². The SMILES string of the molecule is CCNC(C)(CC(C)n1nc(C)c(Br)c1C)C(=O)OCC. The highest BCUT2D eigenvalue weighted by Gasteiger charge is 2.36. The van der Waals surface area contributed by atoms with Gasteiger partial charge in [0.25, 0.3) is 0 Å². The molecule has 1 rings (SSSR count). The maximum absolute atomic E-state index is 12.3. The van der Waals surface area contributed by atoms with Crippen molar-refractivity contribution in [3.8, 4) is 0 Å². The van der Waals surface area contributed by atoms with Gasteiger partial charge in [-0.1, -0.05) is 6.92 Å². The van der Waals surface area contributed by atoms with Crippen LogP contribution < -0.4 is 5.32 Å². The Morgan fingerprint density at radius 1 is 1.48 bits per heavy atom. The van der Waals surface area contributed by atoms with Gasteiger partial charge < -0.3 is 10.1 Å². The van der Waals surface area contributed by atoms with Crippen LogP contribution in [-0.2, 0) is 9.53 Å². The summed E-state index contributed by atoms with van der Waals surface area (Å²) in [5.74, 6) is -0.209. The minimum Gasteiger partial charge on any atom is -0.465 e. The molecule has 120 valence electrons. The number of ether oxygens (including phenoxy) is 1. The van der Waals surface area contributed by atoms with E-state index in [1.54, 1.807) is 0 Å². The lowest BCUT2D eigenvalue weighted by atomic mass is 9.93. The van der Waals surface area contributed by atoms with Crippen molar-refractivity contribution < 1.29 is 9.53 Å². The van der Waals surface area contributed by atoms with Crippen LogP contribution >= 0.6 is 15.9 Å². The number of halogens is 1. The molecule has 1 heterocycles. The van der Waals surface area contributed by atoms with Gasteiger partial charge in [-0.05, 0) is 63.5 Å². The van der Waals surface area contributed by atoms with Gasteiger partial charge in [-0.15, -0.1) is 0 Å². The molecule has 2 atom stereocenters. The lowest BCUT2D eigenvalue weighted by Crippen LogP contribution is -2.51. The number of carbonyl (C=O) groups is 1. The molecule has 0 fully saturated rings. The van der Waals surface area contributed by atoms with E-state index in [1.165, 1.54) is 0 Å². The third-order valence-corrected chi connectivity index (χ3v) is 4.80. The highest BCUT2D eigenvalue weighted by Crippen LogP contribution is 2.27. The number of rotatable bonds is 7. The van der Waals surface area contributed by atoms with Crippen molar-refractivity contribution in [1.82, 2.24) is 15.1 Å². The quantitative estimate of drug-likeness (QED) is 0.759. The Morgan fingerprint density at radius 3 is 2.52 bits per heavy atom. The molecule has 0 aromatic carbocycles. The molecule has 0 aliphatic heterocycles. The maximum atomic E-state index is 12.3. The van der Waals surface area contributed by atoms with E-state index in [-0.39, 0.29) is 12.0 Å². The summed E-state index contributed by atoms with van der Waals surface area (Å²) in [7, 11) is 0. The van der Waals surface area contributed by atoms with Crippen molar-refractivity contribution in [3.63, 3.8) is 0 Å². The summed E-state index contributed by atoms with van der Waals surface area (Å²) >= 11 is 3.54. The van der Waals surface area contributed by atoms with E-state index < -0.39 is 5.54 Å². The number of aryl methyl sites for hydroxylation is 1. The van der Waals surface area contributed by atoms with Gasteiger partial charge in [0.1, 0.15) is 5.54 Å². The largest absolute Gasteiger partial charge is 0.465 e. The van der Waals surface area contributed by atoms with E-state index in [4.69, 9.17) is 4.74 Å². The lowest BCUT2D eigenvalue weighted by molar-refractivity contribution is -0.151. The molecule has 0 bridgehead atoms. The molecular weight excluding hydrogens is 334 g/mol. The van der Waals surface area contributed by atoms with Crippen LogP contribution in [-0.4, -0.2) is 34.4 Å². The second-order valence-corrected chi connectivity index (χ2v) is 6.36. The smallest absolute Gasteiger partial charge is 0.326 e. The molecular formula is C15H26BrN3O2. The van der Waals surface area contributed by atoms with Crippen LogP contribution in [0.4, 0.5) is 0 Å². The van der Waals surface area contributed by atoms with E-state index in [2.05, 4.69) is 33.3 Å². The zero-order valence-electron chi connectivity index (χ0n) is 13.8. The van der Waals surface area contributed by atoms with Gasteiger partial charge >= 0.3 is 5.97 Å². The predicted octanol–water partition coefficient (Wildman–Crippen LogP) is 3.14. The molecule has 0 aliphatic rings. The molecule has 0 saturated carbocycles. The molecule has 5 nitrogen and oxygen atoms in total. The average Bonchev–Trinajstić information content (AvgIpc) is 2.67. The molecule has 0 saturated heterocycles. The average molecular weight is 360 g/mol. The lowest BCUT2D eigenvalue weighted by Gasteiger charge is -2.31. The minimum atomic E-state index is -0.705. The van der Waals surface area contributed by atoms with Gasteiger partial charge in [0.05, 0.1) is 28.5 Å². The number of esters is 1. The first-order chi connectivity index (χ1) is 9.76. The molecule has 6 heteroatoms. The van der Waals surface area contributed by atoms with Crippen LogP contribution in [0.3, 0.4) is 0 Å². The van der Waals surface area contributed by atoms with Gasteiger partial charge in [-0.3, -0.25) is 9.48 Å². The monoisotopic (exact) mass is 359 g/mol. The first kappa shape index (κ1) is 18.2. The summed E-state index contributed by atoms with van der Waals surface area (Å²) < 4.78 is 8.21. The van der Waals surface area contributed by atoms with E-state index in [1.807, 2.05) is 39.3 Å². The fraction of sp³-hybridized carbons (Fsp3) is 0.733. The number of hydrogen-bond acceptors (Lipinski definition) is 4. The zero-order valence-corrected chi connectivity index (χ0v) is 15.4. The van der Waals surface area contributed by atoms with Gasteiger partial charge in [-0.2, -0.15) is 5.10 Å². The molecule has 0 amide bonds. The summed E-state index contributed by atoms with van der Waals surface area (Å²) in [6.07, 6.45) is 0.619. The predicted molar refractivity (Wildman–Crippen MR) is 87.4 cm³/mol. The molecule has 2 unspecified atom stereocenters. The molecule has 0 aliphatic carbocycles. The van der Waals surface area contributed by atoms with Crippen LogP contribution in [0.2, 0.25) is 0 Å². The molecule has 21 heavy (non-hydrogen) atoms. The van der Waals surface area contributed by atoms with E-state index >= 15 is 0 Å². The van der Waals surface area contributed by atoms with Crippen molar-refractivity contribution >= 4 is 21.9 Å². The second-order valence-electron chi connectivity index (χ2n) is 5.57. The molecule has 1 aromatic heterocycles. The first-order valence-corrected chi connectivity index (χ1v) is 8.19. The number of carbonyl (C=O) groups excluding carboxylic acids is 1. The van der Waals surface area contributed by atoms with Crippen molar-refractivity contribution in [2.45, 2.75) is 59.5 Å². The minimum absolute atomic E-state index is 0.0865. The molecule has 0 radical (unpaired) electrons. The van der Waals surface area contributed by atoms with Crippen molar-refractivity contribution in [1.29, 1.82) is 0 Å². The van der Waals surface area contributed by atoms with Crippen molar-refractivity contribution in [2.24, 2.45) is 0 Å². The third kappa shape index (κ3) is 4.07.